The van der Waals surface area contributed by atoms with Gasteiger partial charge < -0.3 is 4.42 Å². The smallest absolute Gasteiger partial charge is 0.443 e. The molecule has 32 heavy (non-hydrogen) atoms. The van der Waals surface area contributed by atoms with E-state index in [1.165, 1.54) is 29.5 Å². The van der Waals surface area contributed by atoms with Crippen molar-refractivity contribution in [1.29, 1.82) is 0 Å². The molecule has 2 atom stereocenters. The molecule has 3 rings (SSSR count). The second-order valence-corrected chi connectivity index (χ2v) is 11.6. The van der Waals surface area contributed by atoms with Crippen molar-refractivity contribution in [2.75, 3.05) is 19.5 Å². The summed E-state index contributed by atoms with van der Waals surface area (Å²) in [7, 11) is -8.21. The molecule has 0 N–H and O–H groups in total. The van der Waals surface area contributed by atoms with Crippen molar-refractivity contribution in [3.05, 3.63) is 76.6 Å². The van der Waals surface area contributed by atoms with Gasteiger partial charge in [-0.05, 0) is 27.2 Å². The Morgan fingerprint density at radius 1 is 1.09 bits per heavy atom. The zero-order valence-electron chi connectivity index (χ0n) is 17.6. The van der Waals surface area contributed by atoms with Crippen molar-refractivity contribution >= 4 is 34.8 Å². The summed E-state index contributed by atoms with van der Waals surface area (Å²) in [6, 6.07) is 11.9. The average molecular weight is 496 g/mol. The standard InChI is InChI=1S/C20H23N2O7P3/c1-30(24)28-32(26,29-31(2)25)13-7-6-12-22-15-17-14-18(27-19(17)21-20(22)23)11-10-16-8-4-3-5-9-16/h3-9,14-15H,10-13H2,1-2H3/q+2/b7-6+. The van der Waals surface area contributed by atoms with Crippen LogP contribution in [0.1, 0.15) is 11.3 Å². The van der Waals surface area contributed by atoms with E-state index in [4.69, 9.17) is 13.0 Å². The van der Waals surface area contributed by atoms with Gasteiger partial charge in [0.15, 0.2) is 13.3 Å². The van der Waals surface area contributed by atoms with Crippen LogP contribution in [0.4, 0.5) is 0 Å². The van der Waals surface area contributed by atoms with Crippen LogP contribution < -0.4 is 5.69 Å². The Kier molecular flexibility index (Phi) is 8.41. The lowest BCUT2D eigenvalue weighted by atomic mass is 10.1. The van der Waals surface area contributed by atoms with Gasteiger partial charge >= 0.3 is 29.3 Å². The van der Waals surface area contributed by atoms with Gasteiger partial charge in [-0.1, -0.05) is 51.1 Å². The molecule has 0 aliphatic rings. The van der Waals surface area contributed by atoms with E-state index in [2.05, 4.69) is 4.98 Å². The Bertz CT molecular complexity index is 1230. The van der Waals surface area contributed by atoms with Crippen LogP contribution in [0.3, 0.4) is 0 Å². The number of allylic oxidation sites excluding steroid dienone is 2. The summed E-state index contributed by atoms with van der Waals surface area (Å²) in [5, 5.41) is 0.698. The number of rotatable bonds is 11. The molecule has 0 aliphatic carbocycles. The molecule has 0 fully saturated rings. The first kappa shape index (κ1) is 24.4. The van der Waals surface area contributed by atoms with E-state index in [1.54, 1.807) is 12.3 Å². The van der Waals surface area contributed by atoms with Crippen molar-refractivity contribution < 1.29 is 26.7 Å². The maximum Gasteiger partial charge on any atom is 0.513 e. The highest BCUT2D eigenvalue weighted by Gasteiger charge is 2.39. The summed E-state index contributed by atoms with van der Waals surface area (Å²) in [5.41, 5.74) is 0.981. The lowest BCUT2D eigenvalue weighted by Crippen LogP contribution is -2.21. The van der Waals surface area contributed by atoms with Gasteiger partial charge in [-0.15, -0.1) is 0 Å². The molecular weight excluding hydrogens is 473 g/mol. The first-order chi connectivity index (χ1) is 15.2. The molecule has 9 nitrogen and oxygen atoms in total. The summed E-state index contributed by atoms with van der Waals surface area (Å²) in [4.78, 5) is 16.3. The van der Waals surface area contributed by atoms with Crippen LogP contribution in [0.2, 0.25) is 0 Å². The van der Waals surface area contributed by atoms with Crippen LogP contribution in [0.15, 0.2) is 64.0 Å². The quantitative estimate of drug-likeness (QED) is 0.259. The fraction of sp³-hybridized carbons (Fsp3) is 0.300. The highest BCUT2D eigenvalue weighted by molar-refractivity contribution is 7.66. The minimum Gasteiger partial charge on any atom is -0.443 e. The van der Waals surface area contributed by atoms with Crippen molar-refractivity contribution in [3.8, 4) is 0 Å². The van der Waals surface area contributed by atoms with Crippen LogP contribution in [0.5, 0.6) is 0 Å². The van der Waals surface area contributed by atoms with E-state index in [0.717, 1.165) is 12.2 Å². The second kappa shape index (κ2) is 11.0. The van der Waals surface area contributed by atoms with Crippen LogP contribution in [-0.2, 0) is 41.7 Å². The van der Waals surface area contributed by atoms with E-state index in [1.807, 2.05) is 36.4 Å². The van der Waals surface area contributed by atoms with Crippen LogP contribution in [-0.4, -0.2) is 29.0 Å². The minimum atomic E-state index is -3.81. The van der Waals surface area contributed by atoms with Crippen LogP contribution in [0.25, 0.3) is 11.1 Å². The van der Waals surface area contributed by atoms with Gasteiger partial charge in [-0.3, -0.25) is 9.13 Å². The van der Waals surface area contributed by atoms with Gasteiger partial charge in [0.05, 0.1) is 11.5 Å². The predicted octanol–water partition coefficient (Wildman–Crippen LogP) is 5.30. The molecule has 0 radical (unpaired) electrons. The number of hydrogen-bond acceptors (Lipinski definition) is 8. The van der Waals surface area contributed by atoms with Crippen molar-refractivity contribution in [2.45, 2.75) is 19.4 Å². The first-order valence-electron chi connectivity index (χ1n) is 9.73. The van der Waals surface area contributed by atoms with Gasteiger partial charge in [-0.25, -0.2) is 4.79 Å². The van der Waals surface area contributed by atoms with E-state index in [9.17, 15) is 18.5 Å². The molecule has 3 aromatic rings. The summed E-state index contributed by atoms with van der Waals surface area (Å²) in [6.45, 7) is 2.62. The van der Waals surface area contributed by atoms with Gasteiger partial charge in [-0.2, -0.15) is 4.98 Å². The zero-order chi connectivity index (χ0) is 23.1. The third-order valence-corrected chi connectivity index (χ3v) is 8.80. The molecule has 0 saturated heterocycles. The Labute approximate surface area is 186 Å². The Hall–Kier alpha value is -2.27. The molecule has 12 heteroatoms. The predicted molar refractivity (Wildman–Crippen MR) is 123 cm³/mol. The molecule has 2 unspecified atom stereocenters. The summed E-state index contributed by atoms with van der Waals surface area (Å²) in [5.74, 6) is 0.738. The molecule has 2 heterocycles. The minimum absolute atomic E-state index is 0.156. The number of furan rings is 1. The topological polar surface area (TPSA) is 118 Å². The fourth-order valence-electron chi connectivity index (χ4n) is 2.99. The van der Waals surface area contributed by atoms with Gasteiger partial charge in [0, 0.05) is 19.2 Å². The molecule has 168 valence electrons. The number of aryl methyl sites for hydroxylation is 2. The molecule has 1 aromatic carbocycles. The van der Waals surface area contributed by atoms with E-state index in [-0.39, 0.29) is 18.4 Å². The van der Waals surface area contributed by atoms with Gasteiger partial charge in [0.1, 0.15) is 5.76 Å². The maximum atomic E-state index is 12.5. The molecule has 0 amide bonds. The highest BCUT2D eigenvalue weighted by Crippen LogP contribution is 2.59. The maximum absolute atomic E-state index is 12.5. The number of aromatic nitrogens is 2. The molecule has 0 bridgehead atoms. The Balaban J connectivity index is 1.67. The summed E-state index contributed by atoms with van der Waals surface area (Å²) >= 11 is 0. The van der Waals surface area contributed by atoms with Crippen molar-refractivity contribution in [1.82, 2.24) is 9.55 Å². The van der Waals surface area contributed by atoms with E-state index < -0.39 is 29.3 Å². The van der Waals surface area contributed by atoms with Crippen molar-refractivity contribution in [2.24, 2.45) is 0 Å². The molecule has 0 saturated carbocycles. The molecule has 2 aromatic heterocycles. The largest absolute Gasteiger partial charge is 0.513 e. The molecular formula is C20H23N2O7P3+2. The Morgan fingerprint density at radius 2 is 1.78 bits per heavy atom. The lowest BCUT2D eigenvalue weighted by molar-refractivity contribution is 0.397. The molecule has 0 aliphatic heterocycles. The second-order valence-electron chi connectivity index (χ2n) is 6.94. The number of benzene rings is 1. The average Bonchev–Trinajstić information content (AvgIpc) is 3.10. The van der Waals surface area contributed by atoms with Crippen LogP contribution >= 0.6 is 23.7 Å². The third-order valence-electron chi connectivity index (χ3n) is 4.31. The van der Waals surface area contributed by atoms with Gasteiger partial charge in [0.2, 0.25) is 5.71 Å². The number of hydrogen-bond donors (Lipinski definition) is 0. The summed E-state index contributed by atoms with van der Waals surface area (Å²) in [6.07, 6.45) is 5.96. The third kappa shape index (κ3) is 7.13. The number of fused-ring (bicyclic) bond motifs is 1. The highest BCUT2D eigenvalue weighted by atomic mass is 31.3. The van der Waals surface area contributed by atoms with Crippen molar-refractivity contribution in [3.63, 3.8) is 0 Å². The SMILES string of the molecule is C[P+](=O)OP(=O)(C/C=C/Cn1cc2cc(CCc3ccccc3)oc2nc1=O)O[P+](C)=O. The number of nitrogens with zero attached hydrogens (tertiary/aromatic N) is 2. The zero-order valence-corrected chi connectivity index (χ0v) is 20.3. The summed E-state index contributed by atoms with van der Waals surface area (Å²) < 4.78 is 51.9. The van der Waals surface area contributed by atoms with Crippen LogP contribution in [0, 0.1) is 0 Å². The molecule has 0 spiro atoms. The van der Waals surface area contributed by atoms with E-state index in [0.29, 0.717) is 11.8 Å². The lowest BCUT2D eigenvalue weighted by Gasteiger charge is -2.02. The Morgan fingerprint density at radius 3 is 2.44 bits per heavy atom. The monoisotopic (exact) mass is 496 g/mol. The van der Waals surface area contributed by atoms with E-state index >= 15 is 0 Å². The fourth-order valence-corrected chi connectivity index (χ4v) is 7.12. The van der Waals surface area contributed by atoms with Gasteiger partial charge in [0.25, 0.3) is 0 Å². The first-order valence-corrected chi connectivity index (χ1v) is 14.7. The normalized spacial score (nSPS) is 14.6.